The Hall–Kier alpha value is -0.120. The van der Waals surface area contributed by atoms with E-state index in [0.29, 0.717) is 0 Å². The van der Waals surface area contributed by atoms with Gasteiger partial charge in [0.2, 0.25) is 0 Å². The second kappa shape index (κ2) is 6.72. The van der Waals surface area contributed by atoms with Gasteiger partial charge < -0.3 is 15.5 Å². The van der Waals surface area contributed by atoms with Crippen molar-refractivity contribution in [2.75, 3.05) is 26.2 Å². The predicted octanol–water partition coefficient (Wildman–Crippen LogP) is 1.59. The van der Waals surface area contributed by atoms with Gasteiger partial charge in [-0.1, -0.05) is 6.42 Å². The molecule has 1 unspecified atom stereocenters. The van der Waals surface area contributed by atoms with Crippen molar-refractivity contribution in [3.05, 3.63) is 0 Å². The van der Waals surface area contributed by atoms with Gasteiger partial charge >= 0.3 is 0 Å². The normalized spacial score (nSPS) is 28.8. The third kappa shape index (κ3) is 4.23. The van der Waals surface area contributed by atoms with Gasteiger partial charge in [-0.3, -0.25) is 0 Å². The fourth-order valence-corrected chi connectivity index (χ4v) is 3.03. The maximum atomic E-state index is 3.76. The fraction of sp³-hybridized carbons (Fsp3) is 1.00. The molecule has 2 N–H and O–H groups in total. The number of nitrogens with one attached hydrogen (secondary N) is 2. The lowest BCUT2D eigenvalue weighted by Gasteiger charge is -2.36. The lowest BCUT2D eigenvalue weighted by molar-refractivity contribution is 0.159. The minimum Gasteiger partial charge on any atom is -0.313 e. The SMILES string of the molecule is CC(C)N1CCC(NCC2CCCCN2)CC1. The molecule has 2 rings (SSSR count). The summed E-state index contributed by atoms with van der Waals surface area (Å²) in [6.07, 6.45) is 6.78. The van der Waals surface area contributed by atoms with Crippen LogP contribution in [0, 0.1) is 0 Å². The molecule has 1 atom stereocenters. The van der Waals surface area contributed by atoms with E-state index in [2.05, 4.69) is 29.4 Å². The van der Waals surface area contributed by atoms with Crippen molar-refractivity contribution >= 4 is 0 Å². The molecule has 0 aromatic heterocycles. The first-order valence-electron chi connectivity index (χ1n) is 7.46. The first-order valence-corrected chi connectivity index (χ1v) is 7.46. The molecule has 2 saturated heterocycles. The van der Waals surface area contributed by atoms with Gasteiger partial charge in [-0.2, -0.15) is 0 Å². The summed E-state index contributed by atoms with van der Waals surface area (Å²) < 4.78 is 0. The van der Waals surface area contributed by atoms with E-state index in [1.165, 1.54) is 58.3 Å². The summed E-state index contributed by atoms with van der Waals surface area (Å²) >= 11 is 0. The summed E-state index contributed by atoms with van der Waals surface area (Å²) in [4.78, 5) is 2.59. The zero-order valence-electron chi connectivity index (χ0n) is 11.5. The minimum absolute atomic E-state index is 0.718. The largest absolute Gasteiger partial charge is 0.313 e. The number of nitrogens with zero attached hydrogens (tertiary/aromatic N) is 1. The molecule has 2 fully saturated rings. The van der Waals surface area contributed by atoms with Crippen LogP contribution in [0.1, 0.15) is 46.0 Å². The van der Waals surface area contributed by atoms with Crippen molar-refractivity contribution < 1.29 is 0 Å². The van der Waals surface area contributed by atoms with E-state index >= 15 is 0 Å². The van der Waals surface area contributed by atoms with Crippen LogP contribution >= 0.6 is 0 Å². The van der Waals surface area contributed by atoms with Crippen LogP contribution in [0.15, 0.2) is 0 Å². The lowest BCUT2D eigenvalue weighted by Crippen LogP contribution is -2.49. The summed E-state index contributed by atoms with van der Waals surface area (Å²) in [7, 11) is 0. The fourth-order valence-electron chi connectivity index (χ4n) is 3.03. The molecule has 3 heteroatoms. The summed E-state index contributed by atoms with van der Waals surface area (Å²) in [6, 6.07) is 2.21. The topological polar surface area (TPSA) is 27.3 Å². The van der Waals surface area contributed by atoms with Crippen LogP contribution in [0.2, 0.25) is 0 Å². The van der Waals surface area contributed by atoms with Crippen molar-refractivity contribution in [1.29, 1.82) is 0 Å². The highest BCUT2D eigenvalue weighted by molar-refractivity contribution is 4.82. The molecule has 0 amide bonds. The Morgan fingerprint density at radius 2 is 1.94 bits per heavy atom. The van der Waals surface area contributed by atoms with E-state index in [1.54, 1.807) is 0 Å². The van der Waals surface area contributed by atoms with E-state index in [9.17, 15) is 0 Å². The van der Waals surface area contributed by atoms with Gasteiger partial charge in [0.05, 0.1) is 0 Å². The van der Waals surface area contributed by atoms with Crippen LogP contribution in [-0.2, 0) is 0 Å². The van der Waals surface area contributed by atoms with Gasteiger partial charge in [0.15, 0.2) is 0 Å². The monoisotopic (exact) mass is 239 g/mol. The highest BCUT2D eigenvalue weighted by atomic mass is 15.2. The van der Waals surface area contributed by atoms with Crippen molar-refractivity contribution in [3.8, 4) is 0 Å². The molecule has 0 bridgehead atoms. The Balaban J connectivity index is 1.61. The quantitative estimate of drug-likeness (QED) is 0.780. The molecule has 2 aliphatic heterocycles. The first-order chi connectivity index (χ1) is 8.25. The average Bonchev–Trinajstić information content (AvgIpc) is 2.38. The highest BCUT2D eigenvalue weighted by Crippen LogP contribution is 2.13. The molecular weight excluding hydrogens is 210 g/mol. The van der Waals surface area contributed by atoms with Gasteiger partial charge in [0.1, 0.15) is 0 Å². The Labute approximate surface area is 106 Å². The van der Waals surface area contributed by atoms with Gasteiger partial charge in [-0.25, -0.2) is 0 Å². The average molecular weight is 239 g/mol. The maximum Gasteiger partial charge on any atom is 0.0192 e. The zero-order chi connectivity index (χ0) is 12.1. The third-order valence-corrected chi connectivity index (χ3v) is 4.33. The second-order valence-corrected chi connectivity index (χ2v) is 5.96. The molecule has 0 saturated carbocycles. The second-order valence-electron chi connectivity index (χ2n) is 5.96. The molecule has 0 aliphatic carbocycles. The number of rotatable bonds is 4. The van der Waals surface area contributed by atoms with E-state index < -0.39 is 0 Å². The van der Waals surface area contributed by atoms with E-state index in [1.807, 2.05) is 0 Å². The van der Waals surface area contributed by atoms with Gasteiger partial charge in [0.25, 0.3) is 0 Å². The van der Waals surface area contributed by atoms with Crippen LogP contribution in [0.4, 0.5) is 0 Å². The van der Waals surface area contributed by atoms with Crippen LogP contribution in [0.3, 0.4) is 0 Å². The molecule has 0 aromatic rings. The Morgan fingerprint density at radius 3 is 2.53 bits per heavy atom. The number of hydrogen-bond acceptors (Lipinski definition) is 3. The number of piperidine rings is 2. The van der Waals surface area contributed by atoms with E-state index in [4.69, 9.17) is 0 Å². The molecular formula is C14H29N3. The molecule has 0 radical (unpaired) electrons. The minimum atomic E-state index is 0.718. The molecule has 0 aromatic carbocycles. The van der Waals surface area contributed by atoms with Crippen molar-refractivity contribution in [3.63, 3.8) is 0 Å². The van der Waals surface area contributed by atoms with Crippen LogP contribution < -0.4 is 10.6 Å². The predicted molar refractivity (Wildman–Crippen MR) is 73.4 cm³/mol. The smallest absolute Gasteiger partial charge is 0.0192 e. The van der Waals surface area contributed by atoms with E-state index in [0.717, 1.165) is 18.1 Å². The third-order valence-electron chi connectivity index (χ3n) is 4.33. The summed E-state index contributed by atoms with van der Waals surface area (Å²) in [5, 5.41) is 7.37. The molecule has 2 heterocycles. The Kier molecular flexibility index (Phi) is 5.26. The maximum absolute atomic E-state index is 3.76. The molecule has 2 aliphatic rings. The van der Waals surface area contributed by atoms with Crippen molar-refractivity contribution in [2.45, 2.75) is 64.1 Å². The summed E-state index contributed by atoms with van der Waals surface area (Å²) in [5.41, 5.74) is 0. The number of hydrogen-bond donors (Lipinski definition) is 2. The molecule has 0 spiro atoms. The van der Waals surface area contributed by atoms with Crippen molar-refractivity contribution in [2.24, 2.45) is 0 Å². The Morgan fingerprint density at radius 1 is 1.18 bits per heavy atom. The van der Waals surface area contributed by atoms with Crippen LogP contribution in [-0.4, -0.2) is 49.2 Å². The lowest BCUT2D eigenvalue weighted by atomic mass is 10.0. The number of likely N-dealkylation sites (tertiary alicyclic amines) is 1. The summed E-state index contributed by atoms with van der Waals surface area (Å²) in [5.74, 6) is 0. The van der Waals surface area contributed by atoms with Crippen LogP contribution in [0.25, 0.3) is 0 Å². The summed E-state index contributed by atoms with van der Waals surface area (Å²) in [6.45, 7) is 9.55. The first kappa shape index (κ1) is 13.3. The van der Waals surface area contributed by atoms with Gasteiger partial charge in [-0.15, -0.1) is 0 Å². The van der Waals surface area contributed by atoms with Gasteiger partial charge in [-0.05, 0) is 59.2 Å². The zero-order valence-corrected chi connectivity index (χ0v) is 11.5. The van der Waals surface area contributed by atoms with E-state index in [-0.39, 0.29) is 0 Å². The molecule has 100 valence electrons. The molecule has 3 nitrogen and oxygen atoms in total. The highest BCUT2D eigenvalue weighted by Gasteiger charge is 2.21. The molecule has 17 heavy (non-hydrogen) atoms. The van der Waals surface area contributed by atoms with Gasteiger partial charge in [0, 0.05) is 24.7 Å². The standard InChI is InChI=1S/C14H29N3/c1-12(2)17-9-6-13(7-10-17)16-11-14-5-3-4-8-15-14/h12-16H,3-11H2,1-2H3. The Bertz CT molecular complexity index is 204. The van der Waals surface area contributed by atoms with Crippen molar-refractivity contribution in [1.82, 2.24) is 15.5 Å². The van der Waals surface area contributed by atoms with Crippen LogP contribution in [0.5, 0.6) is 0 Å².